The summed E-state index contributed by atoms with van der Waals surface area (Å²) in [5, 5.41) is 1.85. The summed E-state index contributed by atoms with van der Waals surface area (Å²) in [7, 11) is 0. The quantitative estimate of drug-likeness (QED) is 0.806. The Bertz CT molecular complexity index is 487. The van der Waals surface area contributed by atoms with Gasteiger partial charge in [-0.3, -0.25) is 4.79 Å². The highest BCUT2D eigenvalue weighted by Gasteiger charge is 2.26. The average molecular weight is 295 g/mol. The van der Waals surface area contributed by atoms with Crippen molar-refractivity contribution in [1.29, 1.82) is 0 Å². The fourth-order valence-electron chi connectivity index (χ4n) is 2.73. The summed E-state index contributed by atoms with van der Waals surface area (Å²) in [6, 6.07) is 1.87. The first-order chi connectivity index (χ1) is 9.47. The van der Waals surface area contributed by atoms with Crippen LogP contribution in [0.25, 0.3) is 0 Å². The lowest BCUT2D eigenvalue weighted by atomic mass is 9.92. The normalized spacial score (nSPS) is 22.6. The highest BCUT2D eigenvalue weighted by Crippen LogP contribution is 2.21. The monoisotopic (exact) mass is 295 g/mol. The molecular formula is C15H21NO3S. The van der Waals surface area contributed by atoms with Crippen molar-refractivity contribution in [1.82, 2.24) is 4.90 Å². The van der Waals surface area contributed by atoms with Crippen LogP contribution in [0.2, 0.25) is 0 Å². The molecular weight excluding hydrogens is 274 g/mol. The highest BCUT2D eigenvalue weighted by molar-refractivity contribution is 7.12. The largest absolute Gasteiger partial charge is 0.451 e. The minimum atomic E-state index is -0.399. The molecule has 1 aromatic heterocycles. The first-order valence-corrected chi connectivity index (χ1v) is 7.84. The van der Waals surface area contributed by atoms with E-state index < -0.39 is 5.97 Å². The Labute approximate surface area is 123 Å². The third-order valence-corrected chi connectivity index (χ3v) is 4.59. The maximum Gasteiger partial charge on any atom is 0.349 e. The van der Waals surface area contributed by atoms with Gasteiger partial charge in [-0.25, -0.2) is 4.79 Å². The van der Waals surface area contributed by atoms with E-state index in [2.05, 4.69) is 13.8 Å². The van der Waals surface area contributed by atoms with Crippen LogP contribution in [0.1, 0.15) is 35.5 Å². The molecule has 4 nitrogen and oxygen atoms in total. The molecule has 0 bridgehead atoms. The number of piperidine rings is 1. The van der Waals surface area contributed by atoms with Gasteiger partial charge in [0, 0.05) is 13.1 Å². The Morgan fingerprint density at radius 2 is 2.00 bits per heavy atom. The second kappa shape index (κ2) is 6.39. The molecule has 1 aliphatic heterocycles. The summed E-state index contributed by atoms with van der Waals surface area (Å²) in [5.41, 5.74) is 0.896. The van der Waals surface area contributed by atoms with Gasteiger partial charge in [-0.15, -0.1) is 11.3 Å². The van der Waals surface area contributed by atoms with Gasteiger partial charge >= 0.3 is 5.97 Å². The van der Waals surface area contributed by atoms with Crippen LogP contribution in [-0.4, -0.2) is 36.5 Å². The maximum atomic E-state index is 12.1. The minimum absolute atomic E-state index is 0.0917. The van der Waals surface area contributed by atoms with Crippen LogP contribution in [0.3, 0.4) is 0 Å². The predicted octanol–water partition coefficient (Wildman–Crippen LogP) is 2.72. The molecule has 2 rings (SSSR count). The van der Waals surface area contributed by atoms with Crippen molar-refractivity contribution in [2.75, 3.05) is 19.7 Å². The second-order valence-electron chi connectivity index (χ2n) is 5.75. The van der Waals surface area contributed by atoms with Crippen molar-refractivity contribution in [2.45, 2.75) is 27.2 Å². The lowest BCUT2D eigenvalue weighted by Gasteiger charge is -2.34. The zero-order valence-electron chi connectivity index (χ0n) is 12.2. The van der Waals surface area contributed by atoms with E-state index in [0.29, 0.717) is 16.7 Å². The summed E-state index contributed by atoms with van der Waals surface area (Å²) < 4.78 is 5.13. The highest BCUT2D eigenvalue weighted by atomic mass is 32.1. The van der Waals surface area contributed by atoms with Crippen LogP contribution in [0.15, 0.2) is 11.4 Å². The first kappa shape index (κ1) is 15.0. The predicted molar refractivity (Wildman–Crippen MR) is 78.9 cm³/mol. The van der Waals surface area contributed by atoms with E-state index >= 15 is 0 Å². The number of carbonyl (C=O) groups excluding carboxylic acids is 2. The molecule has 20 heavy (non-hydrogen) atoms. The number of nitrogens with zero attached hydrogens (tertiary/aromatic N) is 1. The van der Waals surface area contributed by atoms with E-state index in [-0.39, 0.29) is 12.5 Å². The Kier molecular flexibility index (Phi) is 4.81. The SMILES string of the molecule is Cc1ccsc1C(=O)OCC(=O)N1C[C@H](C)C[C@@H](C)C1. The number of rotatable bonds is 3. The number of esters is 1. The Hall–Kier alpha value is -1.36. The number of hydrogen-bond acceptors (Lipinski definition) is 4. The van der Waals surface area contributed by atoms with Crippen molar-refractivity contribution in [3.63, 3.8) is 0 Å². The number of hydrogen-bond donors (Lipinski definition) is 0. The molecule has 1 saturated heterocycles. The molecule has 2 heterocycles. The van der Waals surface area contributed by atoms with Gasteiger partial charge in [0.1, 0.15) is 4.88 Å². The summed E-state index contributed by atoms with van der Waals surface area (Å²) in [6.07, 6.45) is 1.15. The molecule has 0 aromatic carbocycles. The van der Waals surface area contributed by atoms with Gasteiger partial charge in [-0.2, -0.15) is 0 Å². The van der Waals surface area contributed by atoms with E-state index in [1.807, 2.05) is 23.3 Å². The Morgan fingerprint density at radius 1 is 1.35 bits per heavy atom. The van der Waals surface area contributed by atoms with Crippen LogP contribution < -0.4 is 0 Å². The lowest BCUT2D eigenvalue weighted by molar-refractivity contribution is -0.137. The van der Waals surface area contributed by atoms with Crippen LogP contribution in [0.5, 0.6) is 0 Å². The zero-order valence-corrected chi connectivity index (χ0v) is 13.0. The fraction of sp³-hybridized carbons (Fsp3) is 0.600. The van der Waals surface area contributed by atoms with E-state index in [1.165, 1.54) is 11.3 Å². The molecule has 0 saturated carbocycles. The Morgan fingerprint density at radius 3 is 2.55 bits per heavy atom. The molecule has 2 atom stereocenters. The molecule has 1 aromatic rings. The third kappa shape index (κ3) is 3.60. The molecule has 0 spiro atoms. The van der Waals surface area contributed by atoms with Gasteiger partial charge in [0.2, 0.25) is 0 Å². The van der Waals surface area contributed by atoms with Crippen molar-refractivity contribution in [3.05, 3.63) is 21.9 Å². The first-order valence-electron chi connectivity index (χ1n) is 6.96. The Balaban J connectivity index is 1.86. The molecule has 110 valence electrons. The molecule has 0 aliphatic carbocycles. The number of ether oxygens (including phenoxy) is 1. The van der Waals surface area contributed by atoms with Crippen LogP contribution >= 0.6 is 11.3 Å². The topological polar surface area (TPSA) is 46.6 Å². The smallest absolute Gasteiger partial charge is 0.349 e. The van der Waals surface area contributed by atoms with E-state index in [4.69, 9.17) is 4.74 Å². The van der Waals surface area contributed by atoms with Crippen LogP contribution in [0, 0.1) is 18.8 Å². The summed E-state index contributed by atoms with van der Waals surface area (Å²) in [4.78, 5) is 26.4. The number of thiophene rings is 1. The third-order valence-electron chi connectivity index (χ3n) is 3.60. The standard InChI is InChI=1S/C15H21NO3S/c1-10-6-11(2)8-16(7-10)13(17)9-19-15(18)14-12(3)4-5-20-14/h4-5,10-11H,6-9H2,1-3H3/t10-,11-/m1/s1. The average Bonchev–Trinajstić information content (AvgIpc) is 2.80. The number of aryl methyl sites for hydroxylation is 1. The summed E-state index contributed by atoms with van der Waals surface area (Å²) in [5.74, 6) is 0.533. The molecule has 1 amide bonds. The molecule has 0 N–H and O–H groups in total. The van der Waals surface area contributed by atoms with Gasteiger partial charge in [0.05, 0.1) is 0 Å². The van der Waals surface area contributed by atoms with E-state index in [0.717, 1.165) is 25.1 Å². The zero-order chi connectivity index (χ0) is 14.7. The fourth-order valence-corrected chi connectivity index (χ4v) is 3.55. The molecule has 1 aliphatic rings. The van der Waals surface area contributed by atoms with E-state index in [1.54, 1.807) is 0 Å². The van der Waals surface area contributed by atoms with Crippen LogP contribution in [-0.2, 0) is 9.53 Å². The van der Waals surface area contributed by atoms with Crippen molar-refractivity contribution < 1.29 is 14.3 Å². The van der Waals surface area contributed by atoms with Crippen LogP contribution in [0.4, 0.5) is 0 Å². The van der Waals surface area contributed by atoms with E-state index in [9.17, 15) is 9.59 Å². The van der Waals surface area contributed by atoms with Gasteiger partial charge in [0.25, 0.3) is 5.91 Å². The summed E-state index contributed by atoms with van der Waals surface area (Å²) >= 11 is 1.35. The van der Waals surface area contributed by atoms with Crippen molar-refractivity contribution in [2.24, 2.45) is 11.8 Å². The maximum absolute atomic E-state index is 12.1. The molecule has 0 unspecified atom stereocenters. The lowest BCUT2D eigenvalue weighted by Crippen LogP contribution is -2.44. The van der Waals surface area contributed by atoms with Gasteiger partial charge < -0.3 is 9.64 Å². The van der Waals surface area contributed by atoms with Gasteiger partial charge in [-0.1, -0.05) is 13.8 Å². The molecule has 5 heteroatoms. The van der Waals surface area contributed by atoms with Crippen molar-refractivity contribution in [3.8, 4) is 0 Å². The number of likely N-dealkylation sites (tertiary alicyclic amines) is 1. The van der Waals surface area contributed by atoms with Crippen molar-refractivity contribution >= 4 is 23.2 Å². The van der Waals surface area contributed by atoms with Gasteiger partial charge in [0.15, 0.2) is 6.61 Å². The van der Waals surface area contributed by atoms with Gasteiger partial charge in [-0.05, 0) is 42.2 Å². The molecule has 0 radical (unpaired) electrons. The minimum Gasteiger partial charge on any atom is -0.451 e. The molecule has 1 fully saturated rings. The summed E-state index contributed by atoms with van der Waals surface area (Å²) in [6.45, 7) is 7.53. The number of amides is 1. The number of carbonyl (C=O) groups is 2. The second-order valence-corrected chi connectivity index (χ2v) is 6.67.